The summed E-state index contributed by atoms with van der Waals surface area (Å²) in [5, 5.41) is 15.3. The van der Waals surface area contributed by atoms with Crippen molar-refractivity contribution in [2.45, 2.75) is 6.61 Å². The number of H-pyrrole nitrogens is 1. The average Bonchev–Trinajstić information content (AvgIpc) is 2.78. The van der Waals surface area contributed by atoms with Crippen LogP contribution in [0.25, 0.3) is 11.5 Å². The van der Waals surface area contributed by atoms with E-state index in [0.717, 1.165) is 0 Å². The molecule has 0 fully saturated rings. The molecule has 2 heterocycles. The van der Waals surface area contributed by atoms with E-state index in [1.165, 1.54) is 13.4 Å². The first kappa shape index (κ1) is 9.53. The van der Waals surface area contributed by atoms with Crippen molar-refractivity contribution in [1.82, 2.24) is 25.1 Å². The summed E-state index contributed by atoms with van der Waals surface area (Å²) in [4.78, 5) is 11.9. The fourth-order valence-corrected chi connectivity index (χ4v) is 1.05. The largest absolute Gasteiger partial charge is 0.481 e. The number of aromatic amines is 1. The van der Waals surface area contributed by atoms with Crippen molar-refractivity contribution in [2.75, 3.05) is 7.11 Å². The van der Waals surface area contributed by atoms with E-state index in [0.29, 0.717) is 23.2 Å². The van der Waals surface area contributed by atoms with Crippen LogP contribution in [-0.2, 0) is 6.61 Å². The predicted molar refractivity (Wildman–Crippen MR) is 49.9 cm³/mol. The van der Waals surface area contributed by atoms with Gasteiger partial charge in [-0.05, 0) is 0 Å². The topological polar surface area (TPSA) is 96.8 Å². The highest BCUT2D eigenvalue weighted by Gasteiger charge is 2.07. The van der Waals surface area contributed by atoms with Gasteiger partial charge in [0.15, 0.2) is 11.6 Å². The molecule has 0 radical (unpaired) electrons. The van der Waals surface area contributed by atoms with Gasteiger partial charge in [0, 0.05) is 6.07 Å². The summed E-state index contributed by atoms with van der Waals surface area (Å²) < 4.78 is 4.94. The van der Waals surface area contributed by atoms with Crippen LogP contribution in [0.2, 0.25) is 0 Å². The molecule has 0 unspecified atom stereocenters. The Morgan fingerprint density at radius 1 is 1.47 bits per heavy atom. The van der Waals surface area contributed by atoms with Crippen molar-refractivity contribution in [1.29, 1.82) is 0 Å². The lowest BCUT2D eigenvalue weighted by Crippen LogP contribution is -1.92. The highest BCUT2D eigenvalue weighted by Crippen LogP contribution is 2.15. The molecule has 2 aromatic rings. The molecule has 0 saturated heterocycles. The van der Waals surface area contributed by atoms with E-state index >= 15 is 0 Å². The maximum absolute atomic E-state index is 8.81. The van der Waals surface area contributed by atoms with Gasteiger partial charge in [0.05, 0.1) is 7.11 Å². The van der Waals surface area contributed by atoms with Crippen molar-refractivity contribution in [2.24, 2.45) is 0 Å². The average molecular weight is 207 g/mol. The number of hydrogen-bond donors (Lipinski definition) is 2. The number of methoxy groups -OCH3 is 1. The second-order valence-electron chi connectivity index (χ2n) is 2.71. The third-order valence-electron chi connectivity index (χ3n) is 1.76. The Balaban J connectivity index is 2.35. The first-order valence-corrected chi connectivity index (χ1v) is 4.22. The SMILES string of the molecule is COc1cc(-c2n[nH]c(CO)n2)ncn1. The zero-order valence-electron chi connectivity index (χ0n) is 8.01. The summed E-state index contributed by atoms with van der Waals surface area (Å²) in [7, 11) is 1.52. The molecule has 0 spiro atoms. The Hall–Kier alpha value is -2.02. The summed E-state index contributed by atoms with van der Waals surface area (Å²) in [6.07, 6.45) is 1.36. The zero-order valence-corrected chi connectivity index (χ0v) is 8.01. The van der Waals surface area contributed by atoms with Crippen LogP contribution in [-0.4, -0.2) is 37.4 Å². The molecule has 0 bridgehead atoms. The highest BCUT2D eigenvalue weighted by molar-refractivity contribution is 5.49. The number of ether oxygens (including phenoxy) is 1. The quantitative estimate of drug-likeness (QED) is 0.721. The van der Waals surface area contributed by atoms with Gasteiger partial charge >= 0.3 is 0 Å². The van der Waals surface area contributed by atoms with Gasteiger partial charge in [-0.15, -0.1) is 0 Å². The number of nitrogens with one attached hydrogen (secondary N) is 1. The second kappa shape index (κ2) is 4.01. The summed E-state index contributed by atoms with van der Waals surface area (Å²) >= 11 is 0. The Labute approximate surface area is 85.2 Å². The molecule has 2 rings (SSSR count). The lowest BCUT2D eigenvalue weighted by molar-refractivity contribution is 0.272. The van der Waals surface area contributed by atoms with E-state index in [9.17, 15) is 0 Å². The van der Waals surface area contributed by atoms with E-state index in [1.54, 1.807) is 6.07 Å². The standard InChI is InChI=1S/C8H9N5O2/c1-15-7-2-5(9-4-10-7)8-11-6(3-14)12-13-8/h2,4,14H,3H2,1H3,(H,11,12,13). The molecule has 7 heteroatoms. The molecule has 0 saturated carbocycles. The molecule has 15 heavy (non-hydrogen) atoms. The van der Waals surface area contributed by atoms with Crippen molar-refractivity contribution in [3.63, 3.8) is 0 Å². The van der Waals surface area contributed by atoms with Crippen LogP contribution >= 0.6 is 0 Å². The molecule has 2 aromatic heterocycles. The minimum atomic E-state index is -0.185. The van der Waals surface area contributed by atoms with Crippen molar-refractivity contribution < 1.29 is 9.84 Å². The second-order valence-corrected chi connectivity index (χ2v) is 2.71. The smallest absolute Gasteiger partial charge is 0.216 e. The van der Waals surface area contributed by atoms with Crippen LogP contribution in [0.15, 0.2) is 12.4 Å². The molecule has 0 aromatic carbocycles. The molecular weight excluding hydrogens is 198 g/mol. The van der Waals surface area contributed by atoms with E-state index in [1.807, 2.05) is 0 Å². The number of rotatable bonds is 3. The molecule has 7 nitrogen and oxygen atoms in total. The Kier molecular flexibility index (Phi) is 2.55. The van der Waals surface area contributed by atoms with Crippen LogP contribution in [0.1, 0.15) is 5.82 Å². The first-order chi connectivity index (χ1) is 7.33. The van der Waals surface area contributed by atoms with Crippen LogP contribution in [0.5, 0.6) is 5.88 Å². The maximum atomic E-state index is 8.81. The van der Waals surface area contributed by atoms with Gasteiger partial charge in [-0.25, -0.2) is 15.0 Å². The number of aliphatic hydroxyl groups is 1. The lowest BCUT2D eigenvalue weighted by atomic mass is 10.4. The number of nitrogens with zero attached hydrogens (tertiary/aromatic N) is 4. The molecule has 0 atom stereocenters. The first-order valence-electron chi connectivity index (χ1n) is 4.22. The van der Waals surface area contributed by atoms with Gasteiger partial charge < -0.3 is 9.84 Å². The molecule has 78 valence electrons. The monoisotopic (exact) mass is 207 g/mol. The van der Waals surface area contributed by atoms with Gasteiger partial charge in [-0.1, -0.05) is 0 Å². The number of aromatic nitrogens is 5. The summed E-state index contributed by atoms with van der Waals surface area (Å²) in [5.41, 5.74) is 0.540. The molecule has 0 amide bonds. The van der Waals surface area contributed by atoms with E-state index in [2.05, 4.69) is 25.1 Å². The van der Waals surface area contributed by atoms with E-state index < -0.39 is 0 Å². The molecule has 0 aliphatic rings. The van der Waals surface area contributed by atoms with Crippen LogP contribution < -0.4 is 4.74 Å². The predicted octanol–water partition coefficient (Wildman–Crippen LogP) is -0.237. The number of hydrogen-bond acceptors (Lipinski definition) is 6. The fraction of sp³-hybridized carbons (Fsp3) is 0.250. The van der Waals surface area contributed by atoms with Crippen LogP contribution in [0.3, 0.4) is 0 Å². The van der Waals surface area contributed by atoms with Gasteiger partial charge in [0.2, 0.25) is 5.88 Å². The van der Waals surface area contributed by atoms with Crippen molar-refractivity contribution in [3.05, 3.63) is 18.2 Å². The normalized spacial score (nSPS) is 10.3. The Bertz CT molecular complexity index is 456. The summed E-state index contributed by atoms with van der Waals surface area (Å²) in [6.45, 7) is -0.185. The third-order valence-corrected chi connectivity index (χ3v) is 1.76. The van der Waals surface area contributed by atoms with Gasteiger partial charge in [-0.3, -0.25) is 5.10 Å². The Morgan fingerprint density at radius 2 is 2.33 bits per heavy atom. The van der Waals surface area contributed by atoms with Crippen molar-refractivity contribution in [3.8, 4) is 17.4 Å². The fourth-order valence-electron chi connectivity index (χ4n) is 1.05. The van der Waals surface area contributed by atoms with Crippen molar-refractivity contribution >= 4 is 0 Å². The van der Waals surface area contributed by atoms with E-state index in [-0.39, 0.29) is 6.61 Å². The summed E-state index contributed by atoms with van der Waals surface area (Å²) in [6, 6.07) is 1.62. The van der Waals surface area contributed by atoms with E-state index in [4.69, 9.17) is 9.84 Å². The third kappa shape index (κ3) is 1.91. The molecule has 0 aliphatic heterocycles. The van der Waals surface area contributed by atoms with Crippen LogP contribution in [0, 0.1) is 0 Å². The zero-order chi connectivity index (χ0) is 10.7. The summed E-state index contributed by atoms with van der Waals surface area (Å²) in [5.74, 6) is 1.23. The molecular formula is C8H9N5O2. The number of aliphatic hydroxyl groups excluding tert-OH is 1. The van der Waals surface area contributed by atoms with Gasteiger partial charge in [-0.2, -0.15) is 5.10 Å². The maximum Gasteiger partial charge on any atom is 0.216 e. The molecule has 0 aliphatic carbocycles. The minimum absolute atomic E-state index is 0.185. The van der Waals surface area contributed by atoms with Gasteiger partial charge in [0.25, 0.3) is 0 Å². The molecule has 2 N–H and O–H groups in total. The highest BCUT2D eigenvalue weighted by atomic mass is 16.5. The van der Waals surface area contributed by atoms with Crippen LogP contribution in [0.4, 0.5) is 0 Å². The van der Waals surface area contributed by atoms with Gasteiger partial charge in [0.1, 0.15) is 18.6 Å². The minimum Gasteiger partial charge on any atom is -0.481 e. The Morgan fingerprint density at radius 3 is 3.00 bits per heavy atom. The lowest BCUT2D eigenvalue weighted by Gasteiger charge is -1.98.